The van der Waals surface area contributed by atoms with E-state index in [1.165, 1.54) is 6.92 Å². The molecule has 9 heteroatoms. The van der Waals surface area contributed by atoms with E-state index in [-0.39, 0.29) is 15.4 Å². The molecule has 0 radical (unpaired) electrons. The van der Waals surface area contributed by atoms with Gasteiger partial charge in [0.2, 0.25) is 11.0 Å². The molecular formula is C16H14N4O3S2. The second-order valence-corrected chi connectivity index (χ2v) is 7.91. The molecule has 3 aromatic rings. The van der Waals surface area contributed by atoms with Crippen molar-refractivity contribution in [2.75, 3.05) is 10.0 Å². The number of hydrogen-bond donors (Lipinski definition) is 2. The molecule has 0 atom stereocenters. The van der Waals surface area contributed by atoms with Crippen LogP contribution >= 0.6 is 11.3 Å². The topological polar surface area (TPSA) is 101 Å². The van der Waals surface area contributed by atoms with Crippen molar-refractivity contribution in [1.29, 1.82) is 0 Å². The highest BCUT2D eigenvalue weighted by molar-refractivity contribution is 7.94. The third-order valence-electron chi connectivity index (χ3n) is 3.18. The molecule has 0 fully saturated rings. The predicted octanol–water partition coefficient (Wildman–Crippen LogP) is 2.96. The average molecular weight is 374 g/mol. The van der Waals surface area contributed by atoms with Gasteiger partial charge in [-0.15, -0.1) is 10.2 Å². The summed E-state index contributed by atoms with van der Waals surface area (Å²) in [5.74, 6) is -0.345. The maximum absolute atomic E-state index is 12.6. The zero-order valence-electron chi connectivity index (χ0n) is 13.1. The van der Waals surface area contributed by atoms with Crippen molar-refractivity contribution >= 4 is 38.1 Å². The average Bonchev–Trinajstić information content (AvgIpc) is 3.04. The Morgan fingerprint density at radius 1 is 1.00 bits per heavy atom. The van der Waals surface area contributed by atoms with Crippen molar-refractivity contribution < 1.29 is 13.2 Å². The Morgan fingerprint density at radius 3 is 2.40 bits per heavy atom. The lowest BCUT2D eigenvalue weighted by molar-refractivity contribution is -0.114. The van der Waals surface area contributed by atoms with Crippen LogP contribution in [0, 0.1) is 0 Å². The van der Waals surface area contributed by atoms with Gasteiger partial charge in [0.1, 0.15) is 0 Å². The Balaban J connectivity index is 1.92. The van der Waals surface area contributed by atoms with Crippen molar-refractivity contribution in [3.63, 3.8) is 0 Å². The highest BCUT2D eigenvalue weighted by Gasteiger charge is 2.22. The van der Waals surface area contributed by atoms with Crippen LogP contribution in [0.25, 0.3) is 11.1 Å². The summed E-state index contributed by atoms with van der Waals surface area (Å²) < 4.78 is 27.4. The molecule has 0 bridgehead atoms. The van der Waals surface area contributed by atoms with E-state index in [9.17, 15) is 13.2 Å². The van der Waals surface area contributed by atoms with Gasteiger partial charge in [-0.1, -0.05) is 59.9 Å². The van der Waals surface area contributed by atoms with Crippen LogP contribution in [0.1, 0.15) is 6.92 Å². The number of amides is 1. The number of carbonyl (C=O) groups is 1. The summed E-state index contributed by atoms with van der Waals surface area (Å²) in [6.07, 6.45) is 0. The Hall–Kier alpha value is -2.78. The van der Waals surface area contributed by atoms with Crippen LogP contribution in [-0.4, -0.2) is 24.5 Å². The Labute approximate surface area is 148 Å². The number of hydrogen-bond acceptors (Lipinski definition) is 6. The largest absolute Gasteiger partial charge is 0.301 e. The van der Waals surface area contributed by atoms with Gasteiger partial charge in [0.25, 0.3) is 14.4 Å². The number of aromatic nitrogens is 2. The van der Waals surface area contributed by atoms with Gasteiger partial charge in [-0.25, -0.2) is 0 Å². The van der Waals surface area contributed by atoms with Crippen molar-refractivity contribution in [1.82, 2.24) is 10.2 Å². The van der Waals surface area contributed by atoms with Gasteiger partial charge in [0.15, 0.2) is 0 Å². The van der Waals surface area contributed by atoms with E-state index >= 15 is 0 Å². The molecular weight excluding hydrogens is 360 g/mol. The van der Waals surface area contributed by atoms with E-state index in [0.717, 1.165) is 22.5 Å². The second-order valence-electron chi connectivity index (χ2n) is 5.07. The van der Waals surface area contributed by atoms with Gasteiger partial charge in [-0.2, -0.15) is 8.42 Å². The molecule has 2 N–H and O–H groups in total. The molecule has 1 heterocycles. The number of nitrogens with one attached hydrogen (secondary N) is 2. The summed E-state index contributed by atoms with van der Waals surface area (Å²) in [5.41, 5.74) is 2.07. The van der Waals surface area contributed by atoms with Crippen molar-refractivity contribution in [2.24, 2.45) is 0 Å². The van der Waals surface area contributed by atoms with Crippen LogP contribution in [0.2, 0.25) is 0 Å². The number of nitrogens with zero attached hydrogens (tertiary/aromatic N) is 2. The van der Waals surface area contributed by atoms with Gasteiger partial charge >= 0.3 is 0 Å². The molecule has 0 saturated heterocycles. The van der Waals surface area contributed by atoms with Crippen LogP contribution in [0.15, 0.2) is 58.9 Å². The molecule has 3 rings (SSSR count). The number of carbonyl (C=O) groups excluding carboxylic acids is 1. The van der Waals surface area contributed by atoms with E-state index < -0.39 is 10.0 Å². The number of anilines is 2. The molecule has 0 saturated carbocycles. The summed E-state index contributed by atoms with van der Waals surface area (Å²) in [5, 5.41) is 9.85. The van der Waals surface area contributed by atoms with E-state index in [0.29, 0.717) is 5.69 Å². The van der Waals surface area contributed by atoms with E-state index in [1.54, 1.807) is 12.1 Å². The number of para-hydroxylation sites is 1. The van der Waals surface area contributed by atoms with E-state index in [4.69, 9.17) is 0 Å². The first-order valence-corrected chi connectivity index (χ1v) is 9.54. The highest BCUT2D eigenvalue weighted by atomic mass is 32.2. The Bertz CT molecular complexity index is 1000. The van der Waals surface area contributed by atoms with Gasteiger partial charge in [0, 0.05) is 12.5 Å². The van der Waals surface area contributed by atoms with E-state index in [2.05, 4.69) is 20.2 Å². The maximum atomic E-state index is 12.6. The van der Waals surface area contributed by atoms with Gasteiger partial charge < -0.3 is 5.32 Å². The standard InChI is InChI=1S/C16H14N4O3S2/c1-11(21)17-15-18-19-16(24-15)25(22,23)20-14-10-6-5-9-13(14)12-7-3-2-4-8-12/h2-10,20H,1H3,(H,17,18,21). The lowest BCUT2D eigenvalue weighted by atomic mass is 10.0. The van der Waals surface area contributed by atoms with Crippen LogP contribution < -0.4 is 10.0 Å². The number of rotatable bonds is 5. The Kier molecular flexibility index (Phi) is 4.77. The first kappa shape index (κ1) is 17.1. The monoisotopic (exact) mass is 374 g/mol. The molecule has 0 aliphatic heterocycles. The molecule has 2 aromatic carbocycles. The summed E-state index contributed by atoms with van der Waals surface area (Å²) in [6, 6.07) is 16.5. The van der Waals surface area contributed by atoms with Gasteiger partial charge in [-0.05, 0) is 11.6 Å². The highest BCUT2D eigenvalue weighted by Crippen LogP contribution is 2.30. The van der Waals surface area contributed by atoms with E-state index in [1.807, 2.05) is 42.5 Å². The van der Waals surface area contributed by atoms with Crippen LogP contribution in [-0.2, 0) is 14.8 Å². The first-order valence-electron chi connectivity index (χ1n) is 7.24. The zero-order chi connectivity index (χ0) is 17.9. The molecule has 0 aliphatic rings. The number of sulfonamides is 1. The minimum absolute atomic E-state index is 0.129. The summed E-state index contributed by atoms with van der Waals surface area (Å²) in [4.78, 5) is 11.0. The third-order valence-corrected chi connectivity index (χ3v) is 5.75. The minimum Gasteiger partial charge on any atom is -0.301 e. The predicted molar refractivity (Wildman–Crippen MR) is 96.9 cm³/mol. The molecule has 128 valence electrons. The fraction of sp³-hybridized carbons (Fsp3) is 0.0625. The smallest absolute Gasteiger partial charge is 0.291 e. The fourth-order valence-corrected chi connectivity index (χ4v) is 4.18. The molecule has 1 aromatic heterocycles. The van der Waals surface area contributed by atoms with Gasteiger partial charge in [0.05, 0.1) is 5.69 Å². The van der Waals surface area contributed by atoms with Crippen LogP contribution in [0.3, 0.4) is 0 Å². The van der Waals surface area contributed by atoms with Crippen molar-refractivity contribution in [2.45, 2.75) is 11.3 Å². The minimum atomic E-state index is -3.92. The van der Waals surface area contributed by atoms with Gasteiger partial charge in [-0.3, -0.25) is 9.52 Å². The third kappa shape index (κ3) is 4.01. The molecule has 1 amide bonds. The quantitative estimate of drug-likeness (QED) is 0.669. The SMILES string of the molecule is CC(=O)Nc1nnc(S(=O)(=O)Nc2ccccc2-c2ccccc2)s1. The summed E-state index contributed by atoms with van der Waals surface area (Å²) in [7, 11) is -3.92. The van der Waals surface area contributed by atoms with Crippen molar-refractivity contribution in [3.05, 3.63) is 54.6 Å². The molecule has 0 unspecified atom stereocenters. The normalized spacial score (nSPS) is 11.1. The lowest BCUT2D eigenvalue weighted by Gasteiger charge is -2.11. The first-order chi connectivity index (χ1) is 12.0. The van der Waals surface area contributed by atoms with Crippen LogP contribution in [0.5, 0.6) is 0 Å². The van der Waals surface area contributed by atoms with Crippen molar-refractivity contribution in [3.8, 4) is 11.1 Å². The number of benzene rings is 2. The second kappa shape index (κ2) is 6.99. The Morgan fingerprint density at radius 2 is 1.68 bits per heavy atom. The molecule has 25 heavy (non-hydrogen) atoms. The molecule has 7 nitrogen and oxygen atoms in total. The fourth-order valence-electron chi connectivity index (χ4n) is 2.15. The lowest BCUT2D eigenvalue weighted by Crippen LogP contribution is -2.13. The van der Waals surface area contributed by atoms with Crippen LogP contribution in [0.4, 0.5) is 10.8 Å². The summed E-state index contributed by atoms with van der Waals surface area (Å²) >= 11 is 0.784. The zero-order valence-corrected chi connectivity index (χ0v) is 14.8. The molecule has 0 spiro atoms. The summed E-state index contributed by atoms with van der Waals surface area (Å²) in [6.45, 7) is 1.31. The molecule has 0 aliphatic carbocycles. The maximum Gasteiger partial charge on any atom is 0.291 e.